The third-order valence-corrected chi connectivity index (χ3v) is 1.57. The maximum absolute atomic E-state index is 11.0. The third-order valence-electron chi connectivity index (χ3n) is 1.57. The predicted molar refractivity (Wildman–Crippen MR) is 48.1 cm³/mol. The fraction of sp³-hybridized carbons (Fsp3) is 0.750. The summed E-state index contributed by atoms with van der Waals surface area (Å²) in [5.41, 5.74) is 5.17. The summed E-state index contributed by atoms with van der Waals surface area (Å²) in [6.07, 6.45) is 0.813. The molecule has 0 aliphatic carbocycles. The second-order valence-electron chi connectivity index (χ2n) is 2.94. The van der Waals surface area contributed by atoms with Gasteiger partial charge in [-0.15, -0.1) is 0 Å². The molecule has 1 atom stereocenters. The molecule has 0 aromatic carbocycles. The van der Waals surface area contributed by atoms with Gasteiger partial charge in [-0.3, -0.25) is 9.59 Å². The number of rotatable bonds is 6. The van der Waals surface area contributed by atoms with Crippen LogP contribution in [0.5, 0.6) is 0 Å². The summed E-state index contributed by atoms with van der Waals surface area (Å²) in [5.74, 6) is -0.972. The third kappa shape index (κ3) is 7.27. The quantitative estimate of drug-likeness (QED) is 0.533. The highest BCUT2D eigenvalue weighted by Gasteiger charge is 2.07. The number of carboxylic acids is 1. The van der Waals surface area contributed by atoms with Gasteiger partial charge in [-0.05, 0) is 13.3 Å². The zero-order valence-corrected chi connectivity index (χ0v) is 7.75. The SMILES string of the molecule is CC(CCC(=O)O)NC(=O)CCN. The molecule has 0 rings (SSSR count). The van der Waals surface area contributed by atoms with Crippen LogP contribution >= 0.6 is 0 Å². The van der Waals surface area contributed by atoms with E-state index < -0.39 is 5.97 Å². The Morgan fingerprint density at radius 2 is 2.08 bits per heavy atom. The Morgan fingerprint density at radius 3 is 2.54 bits per heavy atom. The molecule has 0 spiro atoms. The van der Waals surface area contributed by atoms with Crippen molar-refractivity contribution in [1.29, 1.82) is 0 Å². The molecule has 5 nitrogen and oxygen atoms in total. The molecule has 1 amide bonds. The fourth-order valence-electron chi connectivity index (χ4n) is 0.890. The Hall–Kier alpha value is -1.10. The van der Waals surface area contributed by atoms with Crippen molar-refractivity contribution in [2.75, 3.05) is 6.54 Å². The first kappa shape index (κ1) is 11.9. The smallest absolute Gasteiger partial charge is 0.303 e. The number of hydrogen-bond acceptors (Lipinski definition) is 3. The molecule has 0 radical (unpaired) electrons. The number of amides is 1. The van der Waals surface area contributed by atoms with Crippen molar-refractivity contribution in [2.45, 2.75) is 32.2 Å². The van der Waals surface area contributed by atoms with Crippen LogP contribution in [0.15, 0.2) is 0 Å². The van der Waals surface area contributed by atoms with E-state index in [9.17, 15) is 9.59 Å². The molecule has 0 bridgehead atoms. The van der Waals surface area contributed by atoms with E-state index in [1.165, 1.54) is 0 Å². The highest BCUT2D eigenvalue weighted by atomic mass is 16.4. The zero-order valence-electron chi connectivity index (χ0n) is 7.75. The molecular weight excluding hydrogens is 172 g/mol. The molecule has 0 saturated heterocycles. The van der Waals surface area contributed by atoms with Crippen LogP contribution < -0.4 is 11.1 Å². The topological polar surface area (TPSA) is 92.4 Å². The van der Waals surface area contributed by atoms with E-state index in [1.54, 1.807) is 6.92 Å². The summed E-state index contributed by atoms with van der Waals surface area (Å²) >= 11 is 0. The summed E-state index contributed by atoms with van der Waals surface area (Å²) in [4.78, 5) is 21.1. The van der Waals surface area contributed by atoms with E-state index in [0.717, 1.165) is 0 Å². The molecule has 0 fully saturated rings. The molecular formula is C8H16N2O3. The van der Waals surface area contributed by atoms with Crippen LogP contribution in [0.4, 0.5) is 0 Å². The normalized spacial score (nSPS) is 12.2. The summed E-state index contributed by atoms with van der Waals surface area (Å²) in [7, 11) is 0. The molecule has 0 aromatic heterocycles. The maximum atomic E-state index is 11.0. The molecule has 0 aromatic rings. The highest BCUT2D eigenvalue weighted by molar-refractivity contribution is 5.76. The molecule has 5 heteroatoms. The molecule has 76 valence electrons. The van der Waals surface area contributed by atoms with E-state index in [0.29, 0.717) is 13.0 Å². The van der Waals surface area contributed by atoms with Crippen molar-refractivity contribution in [1.82, 2.24) is 5.32 Å². The van der Waals surface area contributed by atoms with Gasteiger partial charge in [0.05, 0.1) is 0 Å². The van der Waals surface area contributed by atoms with Crippen molar-refractivity contribution < 1.29 is 14.7 Å². The minimum Gasteiger partial charge on any atom is -0.481 e. The number of carbonyl (C=O) groups excluding carboxylic acids is 1. The molecule has 13 heavy (non-hydrogen) atoms. The standard InChI is InChI=1S/C8H16N2O3/c1-6(2-3-8(12)13)10-7(11)4-5-9/h6H,2-5,9H2,1H3,(H,10,11)(H,12,13). The van der Waals surface area contributed by atoms with Crippen LogP contribution in [0.1, 0.15) is 26.2 Å². The minimum atomic E-state index is -0.847. The van der Waals surface area contributed by atoms with Crippen LogP contribution in [0.3, 0.4) is 0 Å². The monoisotopic (exact) mass is 188 g/mol. The first-order valence-corrected chi connectivity index (χ1v) is 4.27. The summed E-state index contributed by atoms with van der Waals surface area (Å²) in [6.45, 7) is 2.09. The van der Waals surface area contributed by atoms with Gasteiger partial charge < -0.3 is 16.2 Å². The lowest BCUT2D eigenvalue weighted by Gasteiger charge is -2.11. The van der Waals surface area contributed by atoms with E-state index in [4.69, 9.17) is 10.8 Å². The zero-order chi connectivity index (χ0) is 10.3. The summed E-state index contributed by atoms with van der Waals surface area (Å²) in [6, 6.07) is -0.102. The number of nitrogens with one attached hydrogen (secondary N) is 1. The Labute approximate surface area is 77.3 Å². The highest BCUT2D eigenvalue weighted by Crippen LogP contribution is 1.96. The number of nitrogens with two attached hydrogens (primary N) is 1. The minimum absolute atomic E-state index is 0.0735. The number of carbonyl (C=O) groups is 2. The van der Waals surface area contributed by atoms with Crippen LogP contribution in [0.2, 0.25) is 0 Å². The predicted octanol–water partition coefficient (Wildman–Crippen LogP) is -0.295. The number of carboxylic acid groups (broad SMARTS) is 1. The first-order chi connectivity index (χ1) is 6.06. The average Bonchev–Trinajstić information content (AvgIpc) is 2.01. The van der Waals surface area contributed by atoms with Gasteiger partial charge >= 0.3 is 5.97 Å². The van der Waals surface area contributed by atoms with E-state index in [1.807, 2.05) is 0 Å². The van der Waals surface area contributed by atoms with Crippen molar-refractivity contribution in [2.24, 2.45) is 5.73 Å². The van der Waals surface area contributed by atoms with Gasteiger partial charge in [-0.1, -0.05) is 0 Å². The van der Waals surface area contributed by atoms with Crippen LogP contribution in [0.25, 0.3) is 0 Å². The number of aliphatic carboxylic acids is 1. The molecule has 0 heterocycles. The van der Waals surface area contributed by atoms with Crippen LogP contribution in [-0.4, -0.2) is 29.6 Å². The lowest BCUT2D eigenvalue weighted by atomic mass is 10.2. The van der Waals surface area contributed by atoms with Gasteiger partial charge in [0, 0.05) is 25.4 Å². The Kier molecular flexibility index (Phi) is 5.88. The van der Waals surface area contributed by atoms with Crippen molar-refractivity contribution in [3.05, 3.63) is 0 Å². The van der Waals surface area contributed by atoms with Gasteiger partial charge in [-0.2, -0.15) is 0 Å². The van der Waals surface area contributed by atoms with E-state index in [2.05, 4.69) is 5.32 Å². The second-order valence-corrected chi connectivity index (χ2v) is 2.94. The largest absolute Gasteiger partial charge is 0.481 e. The van der Waals surface area contributed by atoms with Gasteiger partial charge in [0.1, 0.15) is 0 Å². The van der Waals surface area contributed by atoms with Gasteiger partial charge in [0.2, 0.25) is 5.91 Å². The maximum Gasteiger partial charge on any atom is 0.303 e. The molecule has 0 saturated carbocycles. The lowest BCUT2D eigenvalue weighted by molar-refractivity contribution is -0.137. The summed E-state index contributed by atoms with van der Waals surface area (Å²) in [5, 5.41) is 11.0. The Bertz CT molecular complexity index is 182. The van der Waals surface area contributed by atoms with Crippen molar-refractivity contribution in [3.8, 4) is 0 Å². The van der Waals surface area contributed by atoms with Crippen LogP contribution in [-0.2, 0) is 9.59 Å². The second kappa shape index (κ2) is 6.42. The van der Waals surface area contributed by atoms with E-state index >= 15 is 0 Å². The van der Waals surface area contributed by atoms with E-state index in [-0.39, 0.29) is 24.8 Å². The van der Waals surface area contributed by atoms with Gasteiger partial charge in [0.25, 0.3) is 0 Å². The Balaban J connectivity index is 3.55. The van der Waals surface area contributed by atoms with Gasteiger partial charge in [-0.25, -0.2) is 0 Å². The average molecular weight is 188 g/mol. The number of hydrogen-bond donors (Lipinski definition) is 3. The van der Waals surface area contributed by atoms with Crippen molar-refractivity contribution >= 4 is 11.9 Å². The van der Waals surface area contributed by atoms with Gasteiger partial charge in [0.15, 0.2) is 0 Å². The molecule has 0 aliphatic heterocycles. The van der Waals surface area contributed by atoms with Crippen LogP contribution in [0, 0.1) is 0 Å². The fourth-order valence-corrected chi connectivity index (χ4v) is 0.890. The Morgan fingerprint density at radius 1 is 1.46 bits per heavy atom. The summed E-state index contributed by atoms with van der Waals surface area (Å²) < 4.78 is 0. The molecule has 4 N–H and O–H groups in total. The molecule has 1 unspecified atom stereocenters. The van der Waals surface area contributed by atoms with Crippen molar-refractivity contribution in [3.63, 3.8) is 0 Å². The lowest BCUT2D eigenvalue weighted by Crippen LogP contribution is -2.33. The molecule has 0 aliphatic rings. The first-order valence-electron chi connectivity index (χ1n) is 4.27.